The van der Waals surface area contributed by atoms with E-state index in [-0.39, 0.29) is 5.91 Å². The van der Waals surface area contributed by atoms with Gasteiger partial charge in [-0.3, -0.25) is 9.69 Å². The minimum absolute atomic E-state index is 0.185. The Morgan fingerprint density at radius 1 is 1.28 bits per heavy atom. The number of anilines is 1. The van der Waals surface area contributed by atoms with Crippen molar-refractivity contribution in [3.63, 3.8) is 0 Å². The number of hydrogen-bond acceptors (Lipinski definition) is 2. The molecule has 92 valence electrons. The minimum Gasteiger partial charge on any atom is -0.296 e. The molecule has 1 amide bonds. The molecule has 0 saturated heterocycles. The summed E-state index contributed by atoms with van der Waals surface area (Å²) in [6.45, 7) is 0. The summed E-state index contributed by atoms with van der Waals surface area (Å²) in [6, 6.07) is 10.5. The quantitative estimate of drug-likeness (QED) is 0.842. The van der Waals surface area contributed by atoms with Crippen molar-refractivity contribution in [2.24, 2.45) is 0 Å². The smallest absolute Gasteiger partial charge is 0.260 e. The van der Waals surface area contributed by atoms with Crippen LogP contribution < -0.4 is 4.90 Å². The van der Waals surface area contributed by atoms with Crippen LogP contribution in [0.3, 0.4) is 0 Å². The van der Waals surface area contributed by atoms with Crippen molar-refractivity contribution in [3.05, 3.63) is 57.7 Å². The standard InChI is InChI=1S/C13H10BrClN2O/c1-17(12-7-6-9(14)8-16-12)13(18)10-4-2-3-5-11(10)15/h2-8H,1H3. The summed E-state index contributed by atoms with van der Waals surface area (Å²) in [4.78, 5) is 17.9. The van der Waals surface area contributed by atoms with E-state index in [4.69, 9.17) is 11.6 Å². The average Bonchev–Trinajstić information content (AvgIpc) is 2.38. The second-order valence-corrected chi connectivity index (χ2v) is 5.00. The van der Waals surface area contributed by atoms with E-state index < -0.39 is 0 Å². The lowest BCUT2D eigenvalue weighted by Crippen LogP contribution is -2.27. The van der Waals surface area contributed by atoms with E-state index in [9.17, 15) is 4.79 Å². The number of halogens is 2. The number of nitrogens with zero attached hydrogens (tertiary/aromatic N) is 2. The van der Waals surface area contributed by atoms with Gasteiger partial charge in [0.05, 0.1) is 10.6 Å². The fourth-order valence-electron chi connectivity index (χ4n) is 1.49. The maximum atomic E-state index is 12.2. The Bertz CT molecular complexity index is 571. The summed E-state index contributed by atoms with van der Waals surface area (Å²) in [6.07, 6.45) is 1.64. The molecule has 0 unspecified atom stereocenters. The van der Waals surface area contributed by atoms with Crippen molar-refractivity contribution in [1.82, 2.24) is 4.98 Å². The molecule has 0 radical (unpaired) electrons. The lowest BCUT2D eigenvalue weighted by atomic mass is 10.2. The number of aromatic nitrogens is 1. The molecule has 3 nitrogen and oxygen atoms in total. The minimum atomic E-state index is -0.185. The highest BCUT2D eigenvalue weighted by molar-refractivity contribution is 9.10. The first-order valence-electron chi connectivity index (χ1n) is 5.24. The number of benzene rings is 1. The summed E-state index contributed by atoms with van der Waals surface area (Å²) < 4.78 is 0.866. The third kappa shape index (κ3) is 2.71. The van der Waals surface area contributed by atoms with E-state index >= 15 is 0 Å². The summed E-state index contributed by atoms with van der Waals surface area (Å²) in [5.74, 6) is 0.388. The van der Waals surface area contributed by atoms with Crippen molar-refractivity contribution < 1.29 is 4.79 Å². The zero-order chi connectivity index (χ0) is 13.1. The third-order valence-corrected chi connectivity index (χ3v) is 3.26. The molecule has 1 aromatic heterocycles. The van der Waals surface area contributed by atoms with E-state index in [0.717, 1.165) is 4.47 Å². The molecule has 0 N–H and O–H groups in total. The van der Waals surface area contributed by atoms with Gasteiger partial charge < -0.3 is 0 Å². The van der Waals surface area contributed by atoms with Gasteiger partial charge in [0.15, 0.2) is 0 Å². The highest BCUT2D eigenvalue weighted by atomic mass is 79.9. The van der Waals surface area contributed by atoms with Crippen LogP contribution in [0.5, 0.6) is 0 Å². The van der Waals surface area contributed by atoms with Gasteiger partial charge in [0, 0.05) is 17.7 Å². The Balaban J connectivity index is 2.29. The van der Waals surface area contributed by atoms with Crippen molar-refractivity contribution in [1.29, 1.82) is 0 Å². The van der Waals surface area contributed by atoms with E-state index in [1.807, 2.05) is 6.07 Å². The van der Waals surface area contributed by atoms with Crippen LogP contribution in [-0.4, -0.2) is 17.9 Å². The van der Waals surface area contributed by atoms with Crippen LogP contribution in [0.1, 0.15) is 10.4 Å². The maximum absolute atomic E-state index is 12.2. The van der Waals surface area contributed by atoms with Crippen LogP contribution in [0.15, 0.2) is 47.1 Å². The fourth-order valence-corrected chi connectivity index (χ4v) is 1.94. The molecular formula is C13H10BrClN2O. The zero-order valence-electron chi connectivity index (χ0n) is 9.60. The zero-order valence-corrected chi connectivity index (χ0v) is 11.9. The Labute approximate surface area is 119 Å². The molecule has 0 bridgehead atoms. The molecule has 0 aliphatic heterocycles. The molecular weight excluding hydrogens is 316 g/mol. The largest absolute Gasteiger partial charge is 0.296 e. The summed E-state index contributed by atoms with van der Waals surface area (Å²) in [5.41, 5.74) is 0.464. The van der Waals surface area contributed by atoms with Gasteiger partial charge in [-0.1, -0.05) is 23.7 Å². The number of pyridine rings is 1. The predicted molar refractivity (Wildman–Crippen MR) is 76.1 cm³/mol. The van der Waals surface area contributed by atoms with Gasteiger partial charge in [-0.25, -0.2) is 4.98 Å². The van der Waals surface area contributed by atoms with Gasteiger partial charge in [-0.05, 0) is 40.2 Å². The molecule has 0 aliphatic carbocycles. The number of amides is 1. The lowest BCUT2D eigenvalue weighted by molar-refractivity contribution is 0.0992. The summed E-state index contributed by atoms with van der Waals surface area (Å²) in [5, 5.41) is 0.437. The maximum Gasteiger partial charge on any atom is 0.260 e. The second-order valence-electron chi connectivity index (χ2n) is 3.68. The highest BCUT2D eigenvalue weighted by Gasteiger charge is 2.16. The van der Waals surface area contributed by atoms with Gasteiger partial charge in [-0.2, -0.15) is 0 Å². The van der Waals surface area contributed by atoms with Gasteiger partial charge in [-0.15, -0.1) is 0 Å². The van der Waals surface area contributed by atoms with Crippen LogP contribution >= 0.6 is 27.5 Å². The molecule has 1 aromatic carbocycles. The third-order valence-electron chi connectivity index (χ3n) is 2.46. The van der Waals surface area contributed by atoms with E-state index in [1.54, 1.807) is 43.6 Å². The summed E-state index contributed by atoms with van der Waals surface area (Å²) >= 11 is 9.30. The molecule has 2 rings (SSSR count). The van der Waals surface area contributed by atoms with Crippen molar-refractivity contribution >= 4 is 39.3 Å². The lowest BCUT2D eigenvalue weighted by Gasteiger charge is -2.16. The molecule has 0 atom stereocenters. The molecule has 0 fully saturated rings. The molecule has 2 aromatic rings. The molecule has 18 heavy (non-hydrogen) atoms. The predicted octanol–water partition coefficient (Wildman–Crippen LogP) is 3.77. The Morgan fingerprint density at radius 3 is 2.61 bits per heavy atom. The molecule has 0 saturated carbocycles. The monoisotopic (exact) mass is 324 g/mol. The first-order chi connectivity index (χ1) is 8.59. The van der Waals surface area contributed by atoms with Crippen LogP contribution in [0.4, 0.5) is 5.82 Å². The van der Waals surface area contributed by atoms with Crippen LogP contribution in [0.25, 0.3) is 0 Å². The van der Waals surface area contributed by atoms with Crippen molar-refractivity contribution in [3.8, 4) is 0 Å². The van der Waals surface area contributed by atoms with E-state index in [2.05, 4.69) is 20.9 Å². The Kier molecular flexibility index (Phi) is 3.99. The SMILES string of the molecule is CN(C(=O)c1ccccc1Cl)c1ccc(Br)cn1. The molecule has 1 heterocycles. The number of carbonyl (C=O) groups is 1. The number of rotatable bonds is 2. The van der Waals surface area contributed by atoms with Crippen LogP contribution in [0, 0.1) is 0 Å². The van der Waals surface area contributed by atoms with Gasteiger partial charge in [0.25, 0.3) is 5.91 Å². The number of hydrogen-bond donors (Lipinski definition) is 0. The second kappa shape index (κ2) is 5.50. The van der Waals surface area contributed by atoms with E-state index in [1.165, 1.54) is 4.90 Å². The fraction of sp³-hybridized carbons (Fsp3) is 0.0769. The van der Waals surface area contributed by atoms with Crippen molar-refractivity contribution in [2.45, 2.75) is 0 Å². The van der Waals surface area contributed by atoms with Gasteiger partial charge in [0.1, 0.15) is 5.82 Å². The van der Waals surface area contributed by atoms with Crippen LogP contribution in [-0.2, 0) is 0 Å². The first-order valence-corrected chi connectivity index (χ1v) is 6.41. The summed E-state index contributed by atoms with van der Waals surface area (Å²) in [7, 11) is 1.67. The average molecular weight is 326 g/mol. The number of carbonyl (C=O) groups excluding carboxylic acids is 1. The molecule has 0 spiro atoms. The van der Waals surface area contributed by atoms with Gasteiger partial charge in [0.2, 0.25) is 0 Å². The normalized spacial score (nSPS) is 10.2. The topological polar surface area (TPSA) is 33.2 Å². The highest BCUT2D eigenvalue weighted by Crippen LogP contribution is 2.20. The molecule has 5 heteroatoms. The van der Waals surface area contributed by atoms with Gasteiger partial charge >= 0.3 is 0 Å². The Hall–Kier alpha value is -1.39. The Morgan fingerprint density at radius 2 is 2.00 bits per heavy atom. The van der Waals surface area contributed by atoms with Crippen molar-refractivity contribution in [2.75, 3.05) is 11.9 Å². The van der Waals surface area contributed by atoms with Crippen LogP contribution in [0.2, 0.25) is 5.02 Å². The van der Waals surface area contributed by atoms with E-state index in [0.29, 0.717) is 16.4 Å². The molecule has 0 aliphatic rings. The first kappa shape index (κ1) is 13.1.